The molecule has 0 saturated carbocycles. The van der Waals surface area contributed by atoms with E-state index in [9.17, 15) is 4.79 Å². The van der Waals surface area contributed by atoms with E-state index in [1.165, 1.54) is 0 Å². The Bertz CT molecular complexity index is 474. The van der Waals surface area contributed by atoms with E-state index < -0.39 is 5.81 Å². The van der Waals surface area contributed by atoms with Crippen LogP contribution in [0.5, 0.6) is 0 Å². The summed E-state index contributed by atoms with van der Waals surface area (Å²) >= 11 is 0. The van der Waals surface area contributed by atoms with Crippen LogP contribution in [0.4, 0.5) is 4.79 Å². The zero-order valence-corrected chi connectivity index (χ0v) is 12.7. The summed E-state index contributed by atoms with van der Waals surface area (Å²) in [6.45, 7) is 4.33. The molecule has 4 nitrogen and oxygen atoms in total. The number of rotatable bonds is 2. The molecule has 0 aliphatic carbocycles. The predicted octanol–water partition coefficient (Wildman–Crippen LogP) is 2.67. The minimum absolute atomic E-state index is 0. The van der Waals surface area contributed by atoms with Crippen LogP contribution >= 0.6 is 0 Å². The van der Waals surface area contributed by atoms with E-state index in [1.807, 2.05) is 32.0 Å². The summed E-state index contributed by atoms with van der Waals surface area (Å²) in [6.07, 6.45) is 2.40. The van der Waals surface area contributed by atoms with Gasteiger partial charge in [-0.25, -0.2) is 0 Å². The molecule has 0 fully saturated rings. The number of fused-ring (bicyclic) bond motifs is 1. The molecule has 2 rings (SSSR count). The van der Waals surface area contributed by atoms with Gasteiger partial charge in [0, 0.05) is 39.3 Å². The first kappa shape index (κ1) is 19.7. The Morgan fingerprint density at radius 2 is 2.17 bits per heavy atom. The number of aromatic nitrogens is 1. The number of carbonyl (C=O) groups is 1. The number of oxazole rings is 1. The van der Waals surface area contributed by atoms with E-state index in [2.05, 4.69) is 16.7 Å². The first-order valence-corrected chi connectivity index (χ1v) is 5.05. The molecule has 0 atom stereocenters. The molecule has 1 N–H and O–H groups in total. The van der Waals surface area contributed by atoms with E-state index in [4.69, 9.17) is 12.3 Å². The molecular weight excluding hydrogens is 304 g/mol. The Hall–Kier alpha value is -0.671. The van der Waals surface area contributed by atoms with Crippen LogP contribution in [-0.2, 0) is 39.3 Å². The third kappa shape index (κ3) is 5.32. The van der Waals surface area contributed by atoms with Crippen molar-refractivity contribution in [3.8, 4) is 0 Å². The van der Waals surface area contributed by atoms with Crippen molar-refractivity contribution in [3.05, 3.63) is 30.2 Å². The van der Waals surface area contributed by atoms with Gasteiger partial charge in [-0.3, -0.25) is 4.79 Å². The van der Waals surface area contributed by atoms with Gasteiger partial charge in [-0.05, 0) is 11.1 Å². The Balaban J connectivity index is 0. The second-order valence-corrected chi connectivity index (χ2v) is 2.79. The standard InChI is InChI=1S/C9H6BN2O2.C2H6.CH4.Y/c10-9(13)11-4-6-2-1-3-7-8(6)14-5-12-7;1-2;;/h1-3H,4H2,(H,11,13);1-2H3;1H4;/q-1;;;. The van der Waals surface area contributed by atoms with Crippen LogP contribution in [0, 0.1) is 6.39 Å². The number of hydrogen-bond donors (Lipinski definition) is 1. The van der Waals surface area contributed by atoms with Crippen molar-refractivity contribution in [2.24, 2.45) is 0 Å². The van der Waals surface area contributed by atoms with Crippen molar-refractivity contribution >= 4 is 24.8 Å². The minimum Gasteiger partial charge on any atom is -0.573 e. The molecule has 1 amide bonds. The summed E-state index contributed by atoms with van der Waals surface area (Å²) in [5, 5.41) is 2.48. The number of nitrogens with zero attached hydrogens (tertiary/aromatic N) is 1. The van der Waals surface area contributed by atoms with Crippen molar-refractivity contribution in [3.63, 3.8) is 0 Å². The van der Waals surface area contributed by atoms with Crippen LogP contribution in [0.25, 0.3) is 11.1 Å². The molecule has 1 aromatic carbocycles. The van der Waals surface area contributed by atoms with E-state index in [-0.39, 0.29) is 40.1 Å². The van der Waals surface area contributed by atoms with Gasteiger partial charge in [0.15, 0.2) is 5.81 Å². The van der Waals surface area contributed by atoms with Crippen LogP contribution < -0.4 is 5.32 Å². The van der Waals surface area contributed by atoms with Gasteiger partial charge in [0.05, 0.1) is 0 Å². The first-order chi connectivity index (χ1) is 7.77. The Morgan fingerprint density at radius 1 is 1.50 bits per heavy atom. The number of nitrogens with one attached hydrogen (secondary N) is 1. The molecule has 0 saturated heterocycles. The van der Waals surface area contributed by atoms with Crippen LogP contribution in [0.15, 0.2) is 22.6 Å². The number of carbonyl (C=O) groups excluding carboxylic acids is 1. The normalized spacial score (nSPS) is 8.33. The summed E-state index contributed by atoms with van der Waals surface area (Å²) in [7, 11) is 4.96. The van der Waals surface area contributed by atoms with E-state index >= 15 is 0 Å². The molecule has 0 unspecified atom stereocenters. The molecule has 0 aliphatic rings. The number of amides is 1. The maximum atomic E-state index is 10.5. The molecule has 18 heavy (non-hydrogen) atoms. The average molecular weight is 320 g/mol. The molecule has 0 spiro atoms. The SMILES string of the molecule is C.CC.[B]C(=O)NCc1cccc2n[c-]oc12.[Y]. The van der Waals surface area contributed by atoms with Crippen molar-refractivity contribution in [1.82, 2.24) is 10.3 Å². The third-order valence-electron chi connectivity index (χ3n) is 1.84. The summed E-state index contributed by atoms with van der Waals surface area (Å²) in [5.41, 5.74) is 2.17. The zero-order chi connectivity index (χ0) is 12.0. The Morgan fingerprint density at radius 3 is 2.78 bits per heavy atom. The second-order valence-electron chi connectivity index (χ2n) is 2.79. The van der Waals surface area contributed by atoms with Crippen molar-refractivity contribution in [1.29, 1.82) is 0 Å². The quantitative estimate of drug-likeness (QED) is 0.684. The maximum Gasteiger partial charge on any atom is 0.200 e. The fraction of sp³-hybridized carbons (Fsp3) is 0.333. The first-order valence-electron chi connectivity index (χ1n) is 5.05. The molecule has 1 heterocycles. The average Bonchev–Trinajstić information content (AvgIpc) is 2.77. The van der Waals surface area contributed by atoms with Gasteiger partial charge in [0.1, 0.15) is 6.39 Å². The summed E-state index contributed by atoms with van der Waals surface area (Å²) < 4.78 is 5.05. The minimum atomic E-state index is -0.564. The van der Waals surface area contributed by atoms with Crippen LogP contribution in [0.3, 0.4) is 0 Å². The van der Waals surface area contributed by atoms with Gasteiger partial charge in [-0.2, -0.15) is 0 Å². The number of benzene rings is 1. The Kier molecular flexibility index (Phi) is 11.2. The number of para-hydroxylation sites is 1. The van der Waals surface area contributed by atoms with Crippen LogP contribution in [-0.4, -0.2) is 18.6 Å². The second kappa shape index (κ2) is 10.3. The molecule has 93 valence electrons. The van der Waals surface area contributed by atoms with Crippen molar-refractivity contribution < 1.29 is 41.9 Å². The summed E-state index contributed by atoms with van der Waals surface area (Å²) in [6, 6.07) is 5.47. The van der Waals surface area contributed by atoms with Crippen molar-refractivity contribution in [2.75, 3.05) is 0 Å². The van der Waals surface area contributed by atoms with Crippen LogP contribution in [0.1, 0.15) is 26.8 Å². The fourth-order valence-electron chi connectivity index (χ4n) is 1.22. The molecule has 0 aliphatic heterocycles. The zero-order valence-electron chi connectivity index (χ0n) is 9.86. The van der Waals surface area contributed by atoms with E-state index in [1.54, 1.807) is 0 Å². The van der Waals surface area contributed by atoms with Gasteiger partial charge < -0.3 is 14.7 Å². The van der Waals surface area contributed by atoms with Gasteiger partial charge in [-0.15, -0.1) is 6.07 Å². The number of hydrogen-bond acceptors (Lipinski definition) is 3. The van der Waals surface area contributed by atoms with Gasteiger partial charge >= 0.3 is 0 Å². The molecule has 2 aromatic rings. The molecule has 0 bridgehead atoms. The predicted molar refractivity (Wildman–Crippen MR) is 68.9 cm³/mol. The van der Waals surface area contributed by atoms with Crippen LogP contribution in [0.2, 0.25) is 0 Å². The van der Waals surface area contributed by atoms with Crippen molar-refractivity contribution in [2.45, 2.75) is 27.8 Å². The summed E-state index contributed by atoms with van der Waals surface area (Å²) in [4.78, 5) is 14.4. The topological polar surface area (TPSA) is 55.1 Å². The van der Waals surface area contributed by atoms with Gasteiger partial charge in [-0.1, -0.05) is 39.0 Å². The largest absolute Gasteiger partial charge is 0.573 e. The van der Waals surface area contributed by atoms with Gasteiger partial charge in [0.25, 0.3) is 0 Å². The fourth-order valence-corrected chi connectivity index (χ4v) is 1.22. The molecule has 1 aromatic heterocycles. The molecule has 3 radical (unpaired) electrons. The Labute approximate surface area is 134 Å². The third-order valence-corrected chi connectivity index (χ3v) is 1.84. The maximum absolute atomic E-state index is 10.5. The van der Waals surface area contributed by atoms with E-state index in [0.717, 1.165) is 5.56 Å². The van der Waals surface area contributed by atoms with Gasteiger partial charge in [0.2, 0.25) is 7.85 Å². The van der Waals surface area contributed by atoms with E-state index in [0.29, 0.717) is 17.6 Å². The smallest absolute Gasteiger partial charge is 0.200 e. The summed E-state index contributed by atoms with van der Waals surface area (Å²) in [5.74, 6) is -0.564. The molecule has 6 heteroatoms. The monoisotopic (exact) mass is 320 g/mol. The molecular formula is C12H16BN2O2Y-.